The second-order valence-electron chi connectivity index (χ2n) is 3.12. The molecule has 6 heteroatoms. The van der Waals surface area contributed by atoms with Gasteiger partial charge in [-0.2, -0.15) is 0 Å². The van der Waals surface area contributed by atoms with Gasteiger partial charge in [-0.25, -0.2) is 0 Å². The zero-order valence-electron chi connectivity index (χ0n) is 8.04. The fourth-order valence-electron chi connectivity index (χ4n) is 1.48. The molecule has 1 aromatic carbocycles. The molecule has 0 aliphatic carbocycles. The standard InChI is InChI=1S/C10H7NO3S2/c12-8-6-3-1-2-4-7(6)9(13)11(8)5-16-10(14)15/h1-4H,5H2,(H,14,15). The minimum atomic E-state index is -0.420. The third kappa shape index (κ3) is 1.85. The highest BCUT2D eigenvalue weighted by Gasteiger charge is 2.34. The fourth-order valence-corrected chi connectivity index (χ4v) is 2.12. The van der Waals surface area contributed by atoms with Crippen molar-refractivity contribution < 1.29 is 14.4 Å². The lowest BCUT2D eigenvalue weighted by atomic mass is 10.1. The van der Waals surface area contributed by atoms with Crippen LogP contribution in [0.25, 0.3) is 0 Å². The van der Waals surface area contributed by atoms with Crippen molar-refractivity contribution in [3.05, 3.63) is 35.4 Å². The normalized spacial score (nSPS) is 14.2. The van der Waals surface area contributed by atoms with Crippen LogP contribution in [0.4, 0.5) is 4.79 Å². The van der Waals surface area contributed by atoms with E-state index in [-0.39, 0.29) is 17.7 Å². The quantitative estimate of drug-likeness (QED) is 0.647. The lowest BCUT2D eigenvalue weighted by molar-refractivity contribution is 0.0684. The molecule has 1 heterocycles. The summed E-state index contributed by atoms with van der Waals surface area (Å²) < 4.78 is -0.420. The van der Waals surface area contributed by atoms with Crippen LogP contribution in [0.1, 0.15) is 20.7 Å². The molecule has 4 nitrogen and oxygen atoms in total. The number of fused-ring (bicyclic) bond motifs is 1. The summed E-state index contributed by atoms with van der Waals surface area (Å²) in [4.78, 5) is 35.3. The lowest BCUT2D eigenvalue weighted by Gasteiger charge is -2.10. The first-order valence-corrected chi connectivity index (χ1v) is 5.85. The Labute approximate surface area is 101 Å². The van der Waals surface area contributed by atoms with Gasteiger partial charge in [-0.1, -0.05) is 36.5 Å². The Balaban J connectivity index is 2.25. The van der Waals surface area contributed by atoms with E-state index in [1.807, 2.05) is 0 Å². The van der Waals surface area contributed by atoms with Crippen LogP contribution in [-0.2, 0) is 0 Å². The number of imide groups is 1. The predicted molar refractivity (Wildman–Crippen MR) is 63.8 cm³/mol. The van der Waals surface area contributed by atoms with Gasteiger partial charge in [-0.05, 0) is 12.1 Å². The van der Waals surface area contributed by atoms with Crippen molar-refractivity contribution in [2.45, 2.75) is 0 Å². The summed E-state index contributed by atoms with van der Waals surface area (Å²) in [6.07, 6.45) is 0. The summed E-state index contributed by atoms with van der Waals surface area (Å²) in [5.74, 6) is -0.709. The van der Waals surface area contributed by atoms with Crippen molar-refractivity contribution >= 4 is 40.7 Å². The predicted octanol–water partition coefficient (Wildman–Crippen LogP) is 2.02. The number of amides is 2. The van der Waals surface area contributed by atoms with E-state index in [1.165, 1.54) is 0 Å². The van der Waals surface area contributed by atoms with E-state index in [0.29, 0.717) is 11.1 Å². The third-order valence-electron chi connectivity index (χ3n) is 2.20. The molecule has 0 fully saturated rings. The number of rotatable bonds is 2. The highest BCUT2D eigenvalue weighted by Crippen LogP contribution is 2.24. The van der Waals surface area contributed by atoms with Gasteiger partial charge in [-0.15, -0.1) is 0 Å². The molecule has 0 N–H and O–H groups in total. The number of thioether (sulfide) groups is 1. The van der Waals surface area contributed by atoms with Crippen LogP contribution in [0, 0.1) is 0 Å². The number of benzene rings is 1. The summed E-state index contributed by atoms with van der Waals surface area (Å²) in [7, 11) is 0. The third-order valence-corrected chi connectivity index (χ3v) is 3.22. The van der Waals surface area contributed by atoms with Crippen molar-refractivity contribution in [2.24, 2.45) is 0 Å². The molecule has 0 unspecified atom stereocenters. The molecule has 1 aliphatic rings. The Bertz CT molecular complexity index is 452. The maximum Gasteiger partial charge on any atom is 0.262 e. The van der Waals surface area contributed by atoms with Crippen molar-refractivity contribution in [1.29, 1.82) is 0 Å². The molecule has 0 saturated carbocycles. The first-order valence-electron chi connectivity index (χ1n) is 4.42. The Hall–Kier alpha value is -1.27. The Morgan fingerprint density at radius 3 is 2.12 bits per heavy atom. The number of thiol groups is 1. The summed E-state index contributed by atoms with van der Waals surface area (Å²) in [5, 5.41) is 0. The number of nitrogens with zero attached hydrogens (tertiary/aromatic N) is 1. The Morgan fingerprint density at radius 2 is 1.69 bits per heavy atom. The Kier molecular flexibility index (Phi) is 3.02. The van der Waals surface area contributed by atoms with Crippen molar-refractivity contribution in [1.82, 2.24) is 4.90 Å². The lowest BCUT2D eigenvalue weighted by Crippen LogP contribution is -2.29. The summed E-state index contributed by atoms with van der Waals surface area (Å²) >= 11 is 4.38. The summed E-state index contributed by atoms with van der Waals surface area (Å²) in [5.41, 5.74) is 0.777. The van der Waals surface area contributed by atoms with Crippen LogP contribution < -0.4 is 0 Å². The van der Waals surface area contributed by atoms with Gasteiger partial charge in [0.05, 0.1) is 17.0 Å². The highest BCUT2D eigenvalue weighted by molar-refractivity contribution is 8.32. The van der Waals surface area contributed by atoms with Gasteiger partial charge in [0.1, 0.15) is 0 Å². The monoisotopic (exact) mass is 253 g/mol. The molecule has 82 valence electrons. The van der Waals surface area contributed by atoms with Gasteiger partial charge in [0.25, 0.3) is 11.8 Å². The molecule has 1 aromatic rings. The van der Waals surface area contributed by atoms with E-state index in [4.69, 9.17) is 0 Å². The topological polar surface area (TPSA) is 54.5 Å². The average Bonchev–Trinajstić information content (AvgIpc) is 2.50. The van der Waals surface area contributed by atoms with E-state index in [2.05, 4.69) is 12.6 Å². The molecule has 0 aromatic heterocycles. The van der Waals surface area contributed by atoms with E-state index in [1.54, 1.807) is 24.3 Å². The molecular formula is C10H7NO3S2. The smallest absolute Gasteiger partial charge is 0.262 e. The van der Waals surface area contributed by atoms with Crippen LogP contribution in [0.5, 0.6) is 0 Å². The molecule has 0 saturated heterocycles. The first-order chi connectivity index (χ1) is 7.61. The van der Waals surface area contributed by atoms with Gasteiger partial charge < -0.3 is 0 Å². The van der Waals surface area contributed by atoms with Gasteiger partial charge in [-0.3, -0.25) is 19.3 Å². The maximum atomic E-state index is 11.8. The van der Waals surface area contributed by atoms with Crippen molar-refractivity contribution in [3.8, 4) is 0 Å². The van der Waals surface area contributed by atoms with Crippen LogP contribution in [0.2, 0.25) is 0 Å². The second kappa shape index (κ2) is 4.31. The van der Waals surface area contributed by atoms with Gasteiger partial charge >= 0.3 is 0 Å². The van der Waals surface area contributed by atoms with Gasteiger partial charge in [0.2, 0.25) is 4.45 Å². The fraction of sp³-hybridized carbons (Fsp3) is 0.100. The molecular weight excluding hydrogens is 246 g/mol. The zero-order valence-corrected chi connectivity index (χ0v) is 9.75. The second-order valence-corrected chi connectivity index (χ2v) is 4.75. The van der Waals surface area contributed by atoms with Gasteiger partial charge in [0, 0.05) is 0 Å². The number of hydrogen-bond acceptors (Lipinski definition) is 4. The van der Waals surface area contributed by atoms with Crippen molar-refractivity contribution in [2.75, 3.05) is 5.88 Å². The summed E-state index contributed by atoms with van der Waals surface area (Å²) in [6, 6.07) is 6.60. The molecule has 1 aliphatic heterocycles. The molecule has 0 atom stereocenters. The minimum Gasteiger partial charge on any atom is -0.275 e. The molecule has 0 bridgehead atoms. The largest absolute Gasteiger partial charge is 0.275 e. The maximum absolute atomic E-state index is 11.8. The average molecular weight is 253 g/mol. The summed E-state index contributed by atoms with van der Waals surface area (Å²) in [6.45, 7) is 0. The highest BCUT2D eigenvalue weighted by atomic mass is 32.2. The molecule has 0 spiro atoms. The zero-order chi connectivity index (χ0) is 11.7. The first kappa shape index (κ1) is 11.2. The van der Waals surface area contributed by atoms with Crippen LogP contribution in [-0.4, -0.2) is 27.0 Å². The van der Waals surface area contributed by atoms with E-state index in [9.17, 15) is 14.4 Å². The Morgan fingerprint density at radius 1 is 1.19 bits per heavy atom. The van der Waals surface area contributed by atoms with Crippen LogP contribution in [0.3, 0.4) is 0 Å². The van der Waals surface area contributed by atoms with E-state index >= 15 is 0 Å². The van der Waals surface area contributed by atoms with E-state index < -0.39 is 4.45 Å². The molecule has 2 amide bonds. The number of hydrogen-bond donors (Lipinski definition) is 1. The number of carbonyl (C=O) groups excluding carboxylic acids is 3. The molecule has 0 radical (unpaired) electrons. The van der Waals surface area contributed by atoms with Crippen molar-refractivity contribution in [3.63, 3.8) is 0 Å². The molecule has 2 rings (SSSR count). The molecule has 16 heavy (non-hydrogen) atoms. The van der Waals surface area contributed by atoms with Crippen LogP contribution in [0.15, 0.2) is 24.3 Å². The van der Waals surface area contributed by atoms with Crippen LogP contribution >= 0.6 is 24.4 Å². The van der Waals surface area contributed by atoms with E-state index in [0.717, 1.165) is 16.7 Å². The minimum absolute atomic E-state index is 0.00861. The number of carbonyl (C=O) groups is 3. The van der Waals surface area contributed by atoms with Gasteiger partial charge in [0.15, 0.2) is 0 Å². The SMILES string of the molecule is O=C(S)SCN1C(=O)c2ccccc2C1=O.